The molecule has 22 heavy (non-hydrogen) atoms. The van der Waals surface area contributed by atoms with E-state index >= 15 is 0 Å². The van der Waals surface area contributed by atoms with Gasteiger partial charge in [0.1, 0.15) is 11.2 Å². The van der Waals surface area contributed by atoms with Crippen molar-refractivity contribution in [3.63, 3.8) is 0 Å². The van der Waals surface area contributed by atoms with Crippen LogP contribution in [0.4, 0.5) is 4.79 Å². The predicted octanol–water partition coefficient (Wildman–Crippen LogP) is 2.67. The summed E-state index contributed by atoms with van der Waals surface area (Å²) in [5.74, 6) is 2.11. The van der Waals surface area contributed by atoms with Crippen LogP contribution in [0.5, 0.6) is 0 Å². The molecule has 0 spiro atoms. The number of fused-ring (bicyclic) bond motifs is 1. The van der Waals surface area contributed by atoms with Crippen LogP contribution in [-0.2, 0) is 14.3 Å². The molecule has 0 bridgehead atoms. The van der Waals surface area contributed by atoms with Crippen molar-refractivity contribution in [2.45, 2.75) is 70.6 Å². The number of carbonyl (C=O) groups is 2. The van der Waals surface area contributed by atoms with Gasteiger partial charge in [-0.3, -0.25) is 4.79 Å². The molecule has 5 atom stereocenters. The van der Waals surface area contributed by atoms with Crippen LogP contribution in [0.25, 0.3) is 0 Å². The van der Waals surface area contributed by atoms with E-state index in [1.165, 1.54) is 19.3 Å². The summed E-state index contributed by atoms with van der Waals surface area (Å²) in [6, 6.07) is -0.488. The van der Waals surface area contributed by atoms with Gasteiger partial charge in [0.2, 0.25) is 0 Å². The van der Waals surface area contributed by atoms with Crippen molar-refractivity contribution in [1.82, 2.24) is 5.32 Å². The monoisotopic (exact) mass is 309 g/mol. The van der Waals surface area contributed by atoms with E-state index in [0.717, 1.165) is 18.3 Å². The summed E-state index contributed by atoms with van der Waals surface area (Å²) in [4.78, 5) is 24.7. The molecule has 124 valence electrons. The first-order valence-corrected chi connectivity index (χ1v) is 8.37. The van der Waals surface area contributed by atoms with Crippen LogP contribution in [0, 0.1) is 17.8 Å². The second-order valence-corrected chi connectivity index (χ2v) is 8.24. The Morgan fingerprint density at radius 1 is 1.32 bits per heavy atom. The summed E-state index contributed by atoms with van der Waals surface area (Å²) in [5, 5.41) is 2.79. The highest BCUT2D eigenvalue weighted by molar-refractivity contribution is 5.95. The number of rotatable bonds is 5. The first kappa shape index (κ1) is 15.8. The van der Waals surface area contributed by atoms with Gasteiger partial charge in [0.15, 0.2) is 5.78 Å². The van der Waals surface area contributed by atoms with E-state index in [1.54, 1.807) is 6.92 Å². The average molecular weight is 309 g/mol. The second-order valence-electron chi connectivity index (χ2n) is 8.24. The van der Waals surface area contributed by atoms with Crippen molar-refractivity contribution >= 4 is 11.9 Å². The Balaban J connectivity index is 1.61. The van der Waals surface area contributed by atoms with Crippen LogP contribution >= 0.6 is 0 Å². The summed E-state index contributed by atoms with van der Waals surface area (Å²) in [6.45, 7) is 7.71. The van der Waals surface area contributed by atoms with Crippen molar-refractivity contribution < 1.29 is 19.1 Å². The van der Waals surface area contributed by atoms with Gasteiger partial charge in [-0.1, -0.05) is 6.42 Å². The van der Waals surface area contributed by atoms with Crippen molar-refractivity contribution in [1.29, 1.82) is 0 Å². The summed E-state index contributed by atoms with van der Waals surface area (Å²) in [7, 11) is 0. The Bertz CT molecular complexity index is 468. The molecule has 3 fully saturated rings. The van der Waals surface area contributed by atoms with E-state index in [-0.39, 0.29) is 5.78 Å². The Kier molecular flexibility index (Phi) is 3.75. The molecule has 0 aromatic heterocycles. The molecule has 1 heterocycles. The van der Waals surface area contributed by atoms with Gasteiger partial charge in [0.25, 0.3) is 0 Å². The van der Waals surface area contributed by atoms with Gasteiger partial charge < -0.3 is 14.8 Å². The minimum absolute atomic E-state index is 0.0108. The van der Waals surface area contributed by atoms with Gasteiger partial charge in [-0.05, 0) is 64.7 Å². The summed E-state index contributed by atoms with van der Waals surface area (Å²) in [5.41, 5.74) is -1.27. The molecule has 0 aromatic carbocycles. The van der Waals surface area contributed by atoms with Gasteiger partial charge in [-0.2, -0.15) is 0 Å². The fraction of sp³-hybridized carbons (Fsp3) is 0.882. The SMILES string of the molecule is CC(C)(C)OC(=O)N[C@@H](C[C@@H]1C2CCC[C@H]21)C(=O)[C@@]1(C)CO1. The van der Waals surface area contributed by atoms with E-state index in [2.05, 4.69) is 5.32 Å². The molecule has 1 amide bonds. The molecule has 0 radical (unpaired) electrons. The number of nitrogens with one attached hydrogen (secondary N) is 1. The predicted molar refractivity (Wildman–Crippen MR) is 81.5 cm³/mol. The maximum atomic E-state index is 12.6. The quantitative estimate of drug-likeness (QED) is 0.793. The lowest BCUT2D eigenvalue weighted by Gasteiger charge is -2.24. The van der Waals surface area contributed by atoms with Crippen LogP contribution < -0.4 is 5.32 Å². The number of alkyl carbamates (subject to hydrolysis) is 1. The normalized spacial score (nSPS) is 37.2. The third-order valence-electron chi connectivity index (χ3n) is 5.20. The van der Waals surface area contributed by atoms with E-state index in [0.29, 0.717) is 12.5 Å². The van der Waals surface area contributed by atoms with Gasteiger partial charge in [0, 0.05) is 0 Å². The van der Waals surface area contributed by atoms with Crippen LogP contribution in [-0.4, -0.2) is 35.7 Å². The molecule has 1 N–H and O–H groups in total. The number of ketones is 1. The van der Waals surface area contributed by atoms with Crippen molar-refractivity contribution in [2.75, 3.05) is 6.61 Å². The second kappa shape index (κ2) is 5.22. The fourth-order valence-electron chi connectivity index (χ4n) is 3.89. The van der Waals surface area contributed by atoms with Crippen molar-refractivity contribution in [3.05, 3.63) is 0 Å². The molecule has 2 aliphatic carbocycles. The Morgan fingerprint density at radius 3 is 2.41 bits per heavy atom. The standard InChI is InChI=1S/C17H27NO4/c1-16(2,3)22-15(20)18-13(14(19)17(4)9-21-17)8-12-10-6-5-7-11(10)12/h10-13H,5-9H2,1-4H3,(H,18,20)/t10-,11?,12+,13+,17-/m1/s1. The minimum atomic E-state index is -0.705. The lowest BCUT2D eigenvalue weighted by atomic mass is 9.94. The largest absolute Gasteiger partial charge is 0.444 e. The topological polar surface area (TPSA) is 67.9 Å². The van der Waals surface area contributed by atoms with E-state index in [1.807, 2.05) is 20.8 Å². The van der Waals surface area contributed by atoms with Crippen LogP contribution in [0.15, 0.2) is 0 Å². The van der Waals surface area contributed by atoms with Gasteiger partial charge in [0.05, 0.1) is 12.6 Å². The third kappa shape index (κ3) is 3.29. The van der Waals surface area contributed by atoms with Crippen molar-refractivity contribution in [3.8, 4) is 0 Å². The molecule has 5 nitrogen and oxygen atoms in total. The molecule has 0 aromatic rings. The molecule has 1 saturated heterocycles. The van der Waals surface area contributed by atoms with E-state index < -0.39 is 23.3 Å². The highest BCUT2D eigenvalue weighted by Crippen LogP contribution is 2.59. The molecular weight excluding hydrogens is 282 g/mol. The molecule has 5 heteroatoms. The number of Topliss-reactive ketones (excluding diaryl/α,β-unsaturated/α-hetero) is 1. The number of hydrogen-bond acceptors (Lipinski definition) is 4. The van der Waals surface area contributed by atoms with Crippen LogP contribution in [0.1, 0.15) is 53.4 Å². The molecule has 1 aliphatic heterocycles. The minimum Gasteiger partial charge on any atom is -0.444 e. The first-order chi connectivity index (χ1) is 10.2. The zero-order valence-corrected chi connectivity index (χ0v) is 14.0. The number of carbonyl (C=O) groups excluding carboxylic acids is 2. The number of ether oxygens (including phenoxy) is 2. The molecule has 3 rings (SSSR count). The summed E-state index contributed by atoms with van der Waals surface area (Å²) in [6.07, 6.45) is 4.07. The lowest BCUT2D eigenvalue weighted by Crippen LogP contribution is -2.48. The first-order valence-electron chi connectivity index (χ1n) is 8.37. The Morgan fingerprint density at radius 2 is 1.91 bits per heavy atom. The Labute approximate surface area is 132 Å². The smallest absolute Gasteiger partial charge is 0.408 e. The third-order valence-corrected chi connectivity index (χ3v) is 5.20. The van der Waals surface area contributed by atoms with Crippen molar-refractivity contribution in [2.24, 2.45) is 17.8 Å². The number of hydrogen-bond donors (Lipinski definition) is 1. The molecular formula is C17H27NO4. The summed E-state index contributed by atoms with van der Waals surface area (Å²) >= 11 is 0. The molecule has 2 saturated carbocycles. The zero-order chi connectivity index (χ0) is 16.1. The average Bonchev–Trinajstić information content (AvgIpc) is 3.22. The number of amides is 1. The van der Waals surface area contributed by atoms with Gasteiger partial charge in [-0.15, -0.1) is 0 Å². The maximum absolute atomic E-state index is 12.6. The summed E-state index contributed by atoms with van der Waals surface area (Å²) < 4.78 is 10.6. The zero-order valence-electron chi connectivity index (χ0n) is 14.0. The van der Waals surface area contributed by atoms with Gasteiger partial charge >= 0.3 is 6.09 Å². The number of epoxide rings is 1. The van der Waals surface area contributed by atoms with Crippen LogP contribution in [0.3, 0.4) is 0 Å². The lowest BCUT2D eigenvalue weighted by molar-refractivity contribution is -0.126. The molecule has 3 aliphatic rings. The van der Waals surface area contributed by atoms with E-state index in [9.17, 15) is 9.59 Å². The highest BCUT2D eigenvalue weighted by atomic mass is 16.6. The van der Waals surface area contributed by atoms with Crippen LogP contribution in [0.2, 0.25) is 0 Å². The van der Waals surface area contributed by atoms with Gasteiger partial charge in [-0.25, -0.2) is 4.79 Å². The maximum Gasteiger partial charge on any atom is 0.408 e. The highest BCUT2D eigenvalue weighted by Gasteiger charge is 2.56. The fourth-order valence-corrected chi connectivity index (χ4v) is 3.89. The molecule has 1 unspecified atom stereocenters. The van der Waals surface area contributed by atoms with E-state index in [4.69, 9.17) is 9.47 Å². The Hall–Kier alpha value is -1.10.